The lowest BCUT2D eigenvalue weighted by atomic mass is 9.95. The van der Waals surface area contributed by atoms with Crippen molar-refractivity contribution >= 4 is 23.6 Å². The van der Waals surface area contributed by atoms with Crippen LogP contribution in [-0.4, -0.2) is 106 Å². The minimum absolute atomic E-state index is 0.122. The van der Waals surface area contributed by atoms with Crippen LogP contribution >= 0.6 is 0 Å². The van der Waals surface area contributed by atoms with Gasteiger partial charge >= 0.3 is 6.09 Å². The summed E-state index contributed by atoms with van der Waals surface area (Å²) < 4.78 is 12.0. The molecule has 0 radical (unpaired) electrons. The Hall–Kier alpha value is -4.74. The zero-order valence-electron chi connectivity index (χ0n) is 27.4. The Morgan fingerprint density at radius 3 is 2.47 bits per heavy atom. The number of nitrogens with zero attached hydrogens (tertiary/aromatic N) is 5. The summed E-state index contributed by atoms with van der Waals surface area (Å²) in [5, 5.41) is 16.1. The number of H-pyrrole nitrogens is 1. The molecule has 12 heteroatoms. The number of ether oxygens (including phenoxy) is 2. The molecule has 3 heterocycles. The highest BCUT2D eigenvalue weighted by atomic mass is 16.5. The van der Waals surface area contributed by atoms with E-state index in [1.54, 1.807) is 32.1 Å². The molecule has 1 aromatic heterocycles. The first-order chi connectivity index (χ1) is 22.6. The molecule has 1 aliphatic carbocycles. The molecule has 3 amide bonds. The first-order valence-corrected chi connectivity index (χ1v) is 16.4. The van der Waals surface area contributed by atoms with Crippen molar-refractivity contribution in [3.63, 3.8) is 0 Å². The van der Waals surface area contributed by atoms with E-state index in [2.05, 4.69) is 26.1 Å². The number of aromatic nitrogens is 2. The minimum Gasteiger partial charge on any atom is -0.496 e. The van der Waals surface area contributed by atoms with Crippen LogP contribution in [0.2, 0.25) is 0 Å². The topological polar surface area (TPSA) is 132 Å². The van der Waals surface area contributed by atoms with Gasteiger partial charge in [-0.15, -0.1) is 0 Å². The normalized spacial score (nSPS) is 18.5. The first-order valence-electron chi connectivity index (χ1n) is 16.4. The maximum absolute atomic E-state index is 14.1. The van der Waals surface area contributed by atoms with Crippen molar-refractivity contribution in [2.45, 2.75) is 57.7 Å². The Labute approximate surface area is 275 Å². The molecule has 1 unspecified atom stereocenters. The molecule has 6 rings (SSSR count). The largest absolute Gasteiger partial charge is 0.496 e. The molecule has 250 valence electrons. The molecule has 12 nitrogen and oxygen atoms in total. The number of anilines is 1. The predicted octanol–water partition coefficient (Wildman–Crippen LogP) is 4.47. The second kappa shape index (κ2) is 13.5. The molecule has 0 bridgehead atoms. The number of piperazine rings is 1. The van der Waals surface area contributed by atoms with E-state index in [4.69, 9.17) is 9.47 Å². The van der Waals surface area contributed by atoms with Crippen LogP contribution in [0.1, 0.15) is 45.1 Å². The van der Waals surface area contributed by atoms with Gasteiger partial charge in [0.1, 0.15) is 11.5 Å². The van der Waals surface area contributed by atoms with E-state index >= 15 is 0 Å². The Balaban J connectivity index is 1.10. The Bertz CT molecular complexity index is 1580. The van der Waals surface area contributed by atoms with Gasteiger partial charge in [-0.2, -0.15) is 5.10 Å². The maximum atomic E-state index is 14.1. The number of amides is 3. The van der Waals surface area contributed by atoms with Gasteiger partial charge in [0.15, 0.2) is 5.60 Å². The summed E-state index contributed by atoms with van der Waals surface area (Å²) in [5.41, 5.74) is 2.76. The van der Waals surface area contributed by atoms with Gasteiger partial charge in [0.05, 0.1) is 19.2 Å². The Kier molecular flexibility index (Phi) is 9.28. The van der Waals surface area contributed by atoms with E-state index in [1.807, 2.05) is 42.6 Å². The fraction of sp³-hybridized carbons (Fsp3) is 0.486. The van der Waals surface area contributed by atoms with Gasteiger partial charge in [0.2, 0.25) is 5.91 Å². The van der Waals surface area contributed by atoms with Crippen LogP contribution in [0, 0.1) is 5.92 Å². The number of carboxylic acid groups (broad SMARTS) is 1. The van der Waals surface area contributed by atoms with Crippen molar-refractivity contribution < 1.29 is 29.0 Å². The number of nitrogens with one attached hydrogen (secondary N) is 1. The molecular weight excluding hydrogens is 600 g/mol. The Morgan fingerprint density at radius 1 is 1.02 bits per heavy atom. The van der Waals surface area contributed by atoms with Crippen molar-refractivity contribution in [2.75, 3.05) is 51.3 Å². The van der Waals surface area contributed by atoms with Gasteiger partial charge in [0, 0.05) is 80.9 Å². The summed E-state index contributed by atoms with van der Waals surface area (Å²) in [6.45, 7) is 6.72. The van der Waals surface area contributed by atoms with Crippen LogP contribution in [0.15, 0.2) is 54.9 Å². The third-order valence-corrected chi connectivity index (χ3v) is 9.38. The standard InChI is InChI=1S/C35H44N6O6/c1-35(2,33(43)38-14-16-39(17-15-38)34(44)45)47-29-8-4-7-28(19-29)40-13-5-6-25(23-40)32(42)41(27-10-11-27)22-24-9-12-30(31(18-24)46-3)26-20-36-37-21-26/h4,7-9,12,18-21,25,27H,5-6,10-11,13-17,22-23H2,1-3H3,(H,36,37)(H,44,45). The molecule has 2 aliphatic heterocycles. The number of hydrogen-bond acceptors (Lipinski definition) is 7. The minimum atomic E-state index is -1.13. The van der Waals surface area contributed by atoms with Gasteiger partial charge in [-0.1, -0.05) is 18.2 Å². The average molecular weight is 645 g/mol. The molecule has 0 spiro atoms. The summed E-state index contributed by atoms with van der Waals surface area (Å²) in [6.07, 6.45) is 6.42. The van der Waals surface area contributed by atoms with Crippen molar-refractivity contribution in [1.29, 1.82) is 0 Å². The van der Waals surface area contributed by atoms with Crippen LogP contribution in [0.3, 0.4) is 0 Å². The zero-order chi connectivity index (χ0) is 33.1. The zero-order valence-corrected chi connectivity index (χ0v) is 27.4. The van der Waals surface area contributed by atoms with E-state index in [1.165, 1.54) is 4.90 Å². The monoisotopic (exact) mass is 644 g/mol. The molecule has 3 aliphatic rings. The fourth-order valence-corrected chi connectivity index (χ4v) is 6.65. The number of carbonyl (C=O) groups excluding carboxylic acids is 2. The molecular formula is C35H44N6O6. The van der Waals surface area contributed by atoms with Crippen molar-refractivity contribution in [3.05, 3.63) is 60.4 Å². The summed E-state index contributed by atoms with van der Waals surface area (Å²) in [4.78, 5) is 45.9. The number of benzene rings is 2. The van der Waals surface area contributed by atoms with E-state index < -0.39 is 11.7 Å². The number of hydrogen-bond donors (Lipinski definition) is 2. The second-order valence-electron chi connectivity index (χ2n) is 13.2. The molecule has 3 fully saturated rings. The van der Waals surface area contributed by atoms with E-state index in [0.717, 1.165) is 60.4 Å². The molecule has 2 saturated heterocycles. The molecule has 2 N–H and O–H groups in total. The number of carbonyl (C=O) groups is 3. The van der Waals surface area contributed by atoms with Crippen LogP contribution in [-0.2, 0) is 16.1 Å². The van der Waals surface area contributed by atoms with Gasteiger partial charge in [-0.3, -0.25) is 14.7 Å². The van der Waals surface area contributed by atoms with E-state index in [-0.39, 0.29) is 36.9 Å². The summed E-state index contributed by atoms with van der Waals surface area (Å²) in [7, 11) is 1.66. The lowest BCUT2D eigenvalue weighted by molar-refractivity contribution is -0.147. The van der Waals surface area contributed by atoms with Crippen LogP contribution in [0.5, 0.6) is 11.5 Å². The number of methoxy groups -OCH3 is 1. The maximum Gasteiger partial charge on any atom is 0.407 e. The van der Waals surface area contributed by atoms with Crippen LogP contribution < -0.4 is 14.4 Å². The van der Waals surface area contributed by atoms with E-state index in [0.29, 0.717) is 31.9 Å². The lowest BCUT2D eigenvalue weighted by Gasteiger charge is -2.38. The third kappa shape index (κ3) is 7.31. The molecule has 1 saturated carbocycles. The quantitative estimate of drug-likeness (QED) is 0.331. The van der Waals surface area contributed by atoms with Gasteiger partial charge in [-0.25, -0.2) is 4.79 Å². The SMILES string of the molecule is COc1cc(CN(C(=O)C2CCCN(c3cccc(OC(C)(C)C(=O)N4CCN(C(=O)O)CC4)c3)C2)C2CC2)ccc1-c1cn[nH]c1. The highest BCUT2D eigenvalue weighted by Gasteiger charge is 2.39. The van der Waals surface area contributed by atoms with Gasteiger partial charge < -0.3 is 34.2 Å². The predicted molar refractivity (Wildman–Crippen MR) is 176 cm³/mol. The van der Waals surface area contributed by atoms with Crippen molar-refractivity contribution in [3.8, 4) is 22.6 Å². The highest BCUT2D eigenvalue weighted by Crippen LogP contribution is 2.35. The summed E-state index contributed by atoms with van der Waals surface area (Å²) >= 11 is 0. The summed E-state index contributed by atoms with van der Waals surface area (Å²) in [6, 6.07) is 14.1. The van der Waals surface area contributed by atoms with Crippen LogP contribution in [0.4, 0.5) is 10.5 Å². The number of piperidine rings is 1. The number of aromatic amines is 1. The highest BCUT2D eigenvalue weighted by molar-refractivity contribution is 5.85. The third-order valence-electron chi connectivity index (χ3n) is 9.38. The van der Waals surface area contributed by atoms with Gasteiger partial charge in [-0.05, 0) is 63.3 Å². The van der Waals surface area contributed by atoms with Gasteiger partial charge in [0.25, 0.3) is 5.91 Å². The fourth-order valence-electron chi connectivity index (χ4n) is 6.65. The van der Waals surface area contributed by atoms with E-state index in [9.17, 15) is 19.5 Å². The van der Waals surface area contributed by atoms with Crippen molar-refractivity contribution in [2.24, 2.45) is 5.92 Å². The molecule has 3 aromatic rings. The Morgan fingerprint density at radius 2 is 1.79 bits per heavy atom. The molecule has 47 heavy (non-hydrogen) atoms. The lowest BCUT2D eigenvalue weighted by Crippen LogP contribution is -2.56. The smallest absolute Gasteiger partial charge is 0.407 e. The van der Waals surface area contributed by atoms with Crippen molar-refractivity contribution in [1.82, 2.24) is 24.9 Å². The number of rotatable bonds is 10. The second-order valence-corrected chi connectivity index (χ2v) is 13.2. The average Bonchev–Trinajstić information content (AvgIpc) is 3.78. The van der Waals surface area contributed by atoms with Crippen LogP contribution in [0.25, 0.3) is 11.1 Å². The molecule has 1 atom stereocenters. The first kappa shape index (κ1) is 32.2. The summed E-state index contributed by atoms with van der Waals surface area (Å²) in [5.74, 6) is 1.22. The molecule has 2 aromatic carbocycles.